The molecule has 2 rings (SSSR count). The molecule has 10 heteroatoms. The molecule has 0 saturated carbocycles. The van der Waals surface area contributed by atoms with Crippen LogP contribution in [-0.2, 0) is 14.3 Å². The maximum atomic E-state index is 12.9. The average Bonchev–Trinajstić information content (AvgIpc) is 3.10. The van der Waals surface area contributed by atoms with Crippen LogP contribution < -0.4 is 0 Å². The number of rotatable bonds is 10. The summed E-state index contributed by atoms with van der Waals surface area (Å²) in [4.78, 5) is 37.0. The summed E-state index contributed by atoms with van der Waals surface area (Å²) in [5.41, 5.74) is 0.166. The number of hydrogen-bond acceptors (Lipinski definition) is 6. The van der Waals surface area contributed by atoms with Gasteiger partial charge in [-0.05, 0) is 51.9 Å². The van der Waals surface area contributed by atoms with Gasteiger partial charge in [0.15, 0.2) is 0 Å². The monoisotopic (exact) mass is 501 g/mol. The van der Waals surface area contributed by atoms with Gasteiger partial charge in [0.2, 0.25) is 6.41 Å². The second kappa shape index (κ2) is 11.5. The van der Waals surface area contributed by atoms with Crippen molar-refractivity contribution in [2.75, 3.05) is 13.3 Å². The summed E-state index contributed by atoms with van der Waals surface area (Å²) >= 11 is 0. The Labute approximate surface area is 207 Å². The summed E-state index contributed by atoms with van der Waals surface area (Å²) in [5, 5.41) is 12.6. The number of hydrogen-bond donors (Lipinski definition) is 0. The van der Waals surface area contributed by atoms with Gasteiger partial charge in [0.25, 0.3) is 5.70 Å². The van der Waals surface area contributed by atoms with Crippen molar-refractivity contribution in [2.45, 2.75) is 59.0 Å². The van der Waals surface area contributed by atoms with Gasteiger partial charge in [0.1, 0.15) is 12.3 Å². The standard InChI is InChI=1S/C25H35N3O6Si/c1-19(26(17-29)18-33-14-15-35(5,6)7)22(28(31)32)13-12-21-16-20-10-8-9-11-23(20)27(21)24(30)34-25(2,3)4/h8-13,16-17H,14-15,18H2,1-7H3/b13-12+,22-19+. The van der Waals surface area contributed by atoms with Crippen molar-refractivity contribution >= 4 is 37.6 Å². The van der Waals surface area contributed by atoms with E-state index in [9.17, 15) is 19.7 Å². The highest BCUT2D eigenvalue weighted by molar-refractivity contribution is 6.76. The lowest BCUT2D eigenvalue weighted by Gasteiger charge is -2.20. The molecule has 0 N–H and O–H groups in total. The molecule has 190 valence electrons. The number of aromatic nitrogens is 1. The number of carbonyl (C=O) groups excluding carboxylic acids is 2. The van der Waals surface area contributed by atoms with Crippen LogP contribution in [0.1, 0.15) is 33.4 Å². The Kier molecular flexibility index (Phi) is 9.16. The van der Waals surface area contributed by atoms with Crippen molar-refractivity contribution in [2.24, 2.45) is 0 Å². The third-order valence-electron chi connectivity index (χ3n) is 5.08. The Balaban J connectivity index is 2.39. The molecule has 0 saturated heterocycles. The normalized spacial score (nSPS) is 13.1. The Morgan fingerprint density at radius 2 is 1.89 bits per heavy atom. The highest BCUT2D eigenvalue weighted by Gasteiger charge is 2.23. The summed E-state index contributed by atoms with van der Waals surface area (Å²) in [6.45, 7) is 13.8. The SMILES string of the molecule is C/C(=C(/C=C/c1cc2ccccc2n1C(=O)OC(C)(C)C)[N+](=O)[O-])N(C=O)COCC[Si](C)(C)C. The van der Waals surface area contributed by atoms with Gasteiger partial charge < -0.3 is 9.47 Å². The largest absolute Gasteiger partial charge is 0.443 e. The number of allylic oxidation sites excluding steroid dienone is 2. The van der Waals surface area contributed by atoms with E-state index in [1.807, 2.05) is 12.1 Å². The summed E-state index contributed by atoms with van der Waals surface area (Å²) in [5.74, 6) is 0. The number of fused-ring (bicyclic) bond motifs is 1. The third-order valence-corrected chi connectivity index (χ3v) is 6.78. The third kappa shape index (κ3) is 8.18. The van der Waals surface area contributed by atoms with Crippen molar-refractivity contribution in [1.29, 1.82) is 0 Å². The fourth-order valence-electron chi connectivity index (χ4n) is 3.18. The van der Waals surface area contributed by atoms with Crippen LogP contribution in [-0.4, -0.2) is 53.9 Å². The summed E-state index contributed by atoms with van der Waals surface area (Å²) in [6, 6.07) is 9.92. The first-order chi connectivity index (χ1) is 16.2. The molecular weight excluding hydrogens is 466 g/mol. The predicted molar refractivity (Wildman–Crippen MR) is 139 cm³/mol. The van der Waals surface area contributed by atoms with Gasteiger partial charge in [-0.25, -0.2) is 9.36 Å². The highest BCUT2D eigenvalue weighted by Crippen LogP contribution is 2.24. The number of nitro groups is 1. The van der Waals surface area contributed by atoms with E-state index in [-0.39, 0.29) is 18.1 Å². The Bertz CT molecular complexity index is 1140. The molecule has 1 amide bonds. The van der Waals surface area contributed by atoms with Gasteiger partial charge in [-0.3, -0.25) is 19.8 Å². The zero-order valence-electron chi connectivity index (χ0n) is 21.5. The molecule has 1 aromatic carbocycles. The van der Waals surface area contributed by atoms with Crippen LogP contribution >= 0.6 is 0 Å². The molecule has 35 heavy (non-hydrogen) atoms. The van der Waals surface area contributed by atoms with Crippen LogP contribution in [0, 0.1) is 10.1 Å². The molecule has 0 spiro atoms. The van der Waals surface area contributed by atoms with Crippen LogP contribution in [0.3, 0.4) is 0 Å². The Hall–Kier alpha value is -3.24. The first-order valence-corrected chi connectivity index (χ1v) is 15.1. The molecule has 9 nitrogen and oxygen atoms in total. The zero-order chi connectivity index (χ0) is 26.4. The highest BCUT2D eigenvalue weighted by atomic mass is 28.3. The van der Waals surface area contributed by atoms with E-state index in [1.165, 1.54) is 23.6 Å². The maximum absolute atomic E-state index is 12.9. The van der Waals surface area contributed by atoms with Crippen LogP contribution in [0.25, 0.3) is 17.0 Å². The van der Waals surface area contributed by atoms with E-state index < -0.39 is 24.7 Å². The number of benzene rings is 1. The molecule has 1 heterocycles. The fraction of sp³-hybridized carbons (Fsp3) is 0.440. The molecular formula is C25H35N3O6Si. The summed E-state index contributed by atoms with van der Waals surface area (Å²) in [6.07, 6.45) is 2.68. The molecule has 0 fully saturated rings. The number of ether oxygens (including phenoxy) is 2. The molecule has 0 aliphatic rings. The molecule has 0 aliphatic heterocycles. The number of amides is 1. The van der Waals surface area contributed by atoms with Crippen molar-refractivity contribution in [3.63, 3.8) is 0 Å². The average molecular weight is 502 g/mol. The van der Waals surface area contributed by atoms with Crippen molar-refractivity contribution in [1.82, 2.24) is 9.47 Å². The molecule has 0 atom stereocenters. The van der Waals surface area contributed by atoms with Crippen molar-refractivity contribution in [3.05, 3.63) is 63.6 Å². The molecule has 2 aromatic rings. The lowest BCUT2D eigenvalue weighted by molar-refractivity contribution is -0.421. The van der Waals surface area contributed by atoms with Gasteiger partial charge >= 0.3 is 6.09 Å². The number of para-hydroxylation sites is 1. The topological polar surface area (TPSA) is 104 Å². The van der Waals surface area contributed by atoms with Crippen LogP contribution in [0.4, 0.5) is 4.79 Å². The Morgan fingerprint density at radius 1 is 1.23 bits per heavy atom. The molecule has 1 aromatic heterocycles. The van der Waals surface area contributed by atoms with E-state index in [0.717, 1.165) is 16.3 Å². The quantitative estimate of drug-likeness (QED) is 0.0785. The molecule has 0 unspecified atom stereocenters. The molecule has 0 bridgehead atoms. The van der Waals surface area contributed by atoms with Crippen molar-refractivity contribution in [3.8, 4) is 0 Å². The van der Waals surface area contributed by atoms with Gasteiger partial charge in [-0.15, -0.1) is 0 Å². The number of nitrogens with zero attached hydrogens (tertiary/aromatic N) is 3. The molecule has 0 aliphatic carbocycles. The minimum atomic E-state index is -1.30. The number of carbonyl (C=O) groups is 2. The van der Waals surface area contributed by atoms with E-state index in [2.05, 4.69) is 19.6 Å². The maximum Gasteiger partial charge on any atom is 0.419 e. The van der Waals surface area contributed by atoms with Gasteiger partial charge in [-0.2, -0.15) is 0 Å². The second-order valence-corrected chi connectivity index (χ2v) is 16.0. The minimum Gasteiger partial charge on any atom is -0.443 e. The molecule has 0 radical (unpaired) electrons. The van der Waals surface area contributed by atoms with Gasteiger partial charge in [0.05, 0.1) is 21.8 Å². The van der Waals surface area contributed by atoms with Crippen LogP contribution in [0.2, 0.25) is 25.7 Å². The predicted octanol–water partition coefficient (Wildman–Crippen LogP) is 5.72. The van der Waals surface area contributed by atoms with Crippen molar-refractivity contribution < 1.29 is 24.0 Å². The lowest BCUT2D eigenvalue weighted by Crippen LogP contribution is -2.28. The van der Waals surface area contributed by atoms with Crippen LogP contribution in [0.15, 0.2) is 47.8 Å². The van der Waals surface area contributed by atoms with Gasteiger partial charge in [0, 0.05) is 26.1 Å². The smallest absolute Gasteiger partial charge is 0.419 e. The van der Waals surface area contributed by atoms with E-state index in [1.54, 1.807) is 39.0 Å². The van der Waals surface area contributed by atoms with Gasteiger partial charge in [-0.1, -0.05) is 37.8 Å². The van der Waals surface area contributed by atoms with E-state index in [4.69, 9.17) is 9.47 Å². The first kappa shape index (κ1) is 28.0. The van der Waals surface area contributed by atoms with E-state index >= 15 is 0 Å². The lowest BCUT2D eigenvalue weighted by atomic mass is 10.2. The fourth-order valence-corrected chi connectivity index (χ4v) is 3.94. The zero-order valence-corrected chi connectivity index (χ0v) is 22.5. The summed E-state index contributed by atoms with van der Waals surface area (Å²) < 4.78 is 12.5. The minimum absolute atomic E-state index is 0.0802. The van der Waals surface area contributed by atoms with Crippen LogP contribution in [0.5, 0.6) is 0 Å². The Morgan fingerprint density at radius 3 is 2.46 bits per heavy atom. The second-order valence-electron chi connectivity index (χ2n) is 10.4. The van der Waals surface area contributed by atoms with E-state index in [0.29, 0.717) is 24.2 Å². The first-order valence-electron chi connectivity index (χ1n) is 11.4. The summed E-state index contributed by atoms with van der Waals surface area (Å²) in [7, 11) is -1.30.